The molecule has 4 rings (SSSR count). The fourth-order valence-corrected chi connectivity index (χ4v) is 5.07. The van der Waals surface area contributed by atoms with E-state index >= 15 is 0 Å². The van der Waals surface area contributed by atoms with E-state index in [0.29, 0.717) is 35.7 Å². The van der Waals surface area contributed by atoms with Gasteiger partial charge in [0.1, 0.15) is 29.5 Å². The number of hydrogen-bond donors (Lipinski definition) is 4. The molecular weight excluding hydrogens is 715 g/mol. The molecule has 15 nitrogen and oxygen atoms in total. The molecule has 4 aromatic carbocycles. The molecule has 0 spiro atoms. The number of benzene rings is 4. The second kappa shape index (κ2) is 22.1. The third-order valence-corrected chi connectivity index (χ3v) is 8.01. The third-order valence-electron chi connectivity index (χ3n) is 8.01. The highest BCUT2D eigenvalue weighted by molar-refractivity contribution is 6.09. The fourth-order valence-electron chi connectivity index (χ4n) is 5.07. The normalized spacial score (nSPS) is 10.9. The molecule has 0 heterocycles. The van der Waals surface area contributed by atoms with Crippen molar-refractivity contribution in [2.75, 3.05) is 58.9 Å². The standard InChI is InChI=1S/C32H40FN5O4.C7H5NO5/c1-5-38(6-2)16-15-37(3)23-25-10-7-11-26(19-25)31(39)35-30-14-13-28(42-18-17-41-4)21-29(30)32(40)36-34-22-24-9-8-12-27(33)20-24;9-4-1-2-6(8(12)13)5(3-4)7(10)11/h7-14,19-22H,5-6,15-18,23H2,1-4H3,(H,35,39)(H,36,40);1-3,9H,(H,10,11). The fraction of sp³-hybridized carbons (Fsp3) is 0.282. The summed E-state index contributed by atoms with van der Waals surface area (Å²) < 4.78 is 24.2. The number of ether oxygens (including phenoxy) is 2. The molecule has 0 aliphatic rings. The number of hydrazone groups is 1. The molecule has 2 amide bonds. The van der Waals surface area contributed by atoms with Crippen molar-refractivity contribution < 1.29 is 43.4 Å². The van der Waals surface area contributed by atoms with Gasteiger partial charge in [-0.05, 0) is 79.8 Å². The number of nitro groups is 1. The van der Waals surface area contributed by atoms with Crippen LogP contribution in [0, 0.1) is 15.9 Å². The molecule has 0 saturated carbocycles. The van der Waals surface area contributed by atoms with E-state index in [1.54, 1.807) is 37.4 Å². The van der Waals surface area contributed by atoms with Gasteiger partial charge in [-0.1, -0.05) is 38.1 Å². The maximum atomic E-state index is 13.5. The lowest BCUT2D eigenvalue weighted by atomic mass is 10.1. The topological polar surface area (TPSA) is 196 Å². The molecule has 0 radical (unpaired) electrons. The summed E-state index contributed by atoms with van der Waals surface area (Å²) in [5, 5.41) is 34.5. The summed E-state index contributed by atoms with van der Waals surface area (Å²) in [6.07, 6.45) is 1.34. The summed E-state index contributed by atoms with van der Waals surface area (Å²) in [6, 6.07) is 20.9. The van der Waals surface area contributed by atoms with Gasteiger partial charge >= 0.3 is 5.97 Å². The van der Waals surface area contributed by atoms with Gasteiger partial charge in [-0.3, -0.25) is 19.7 Å². The maximum absolute atomic E-state index is 13.5. The van der Waals surface area contributed by atoms with Crippen molar-refractivity contribution in [1.82, 2.24) is 15.2 Å². The van der Waals surface area contributed by atoms with Crippen LogP contribution < -0.4 is 15.5 Å². The molecule has 0 aliphatic carbocycles. The highest BCUT2D eigenvalue weighted by Crippen LogP contribution is 2.24. The van der Waals surface area contributed by atoms with E-state index in [1.807, 2.05) is 18.2 Å². The van der Waals surface area contributed by atoms with Crippen LogP contribution in [0.15, 0.2) is 90.0 Å². The van der Waals surface area contributed by atoms with Crippen LogP contribution in [0.2, 0.25) is 0 Å². The van der Waals surface area contributed by atoms with Crippen LogP contribution in [0.4, 0.5) is 15.8 Å². The molecule has 0 atom stereocenters. The van der Waals surface area contributed by atoms with E-state index in [9.17, 15) is 28.9 Å². The molecular formula is C39H45FN6O9. The molecule has 0 aliphatic heterocycles. The predicted molar refractivity (Wildman–Crippen MR) is 206 cm³/mol. The number of carbonyl (C=O) groups excluding carboxylic acids is 2. The van der Waals surface area contributed by atoms with Crippen LogP contribution >= 0.6 is 0 Å². The van der Waals surface area contributed by atoms with Gasteiger partial charge in [0, 0.05) is 44.4 Å². The number of likely N-dealkylation sites (N-methyl/N-ethyl adjacent to an activating group) is 2. The number of aromatic carboxylic acids is 1. The Labute approximate surface area is 318 Å². The number of nitrogens with one attached hydrogen (secondary N) is 2. The second-order valence-corrected chi connectivity index (χ2v) is 12.0. The number of phenols is 1. The Bertz CT molecular complexity index is 1950. The number of carboxylic acids is 1. The predicted octanol–water partition coefficient (Wildman–Crippen LogP) is 5.64. The Kier molecular flexibility index (Phi) is 17.3. The first-order chi connectivity index (χ1) is 26.3. The first kappa shape index (κ1) is 43.2. The van der Waals surface area contributed by atoms with Crippen LogP contribution in [-0.2, 0) is 11.3 Å². The number of carboxylic acid groups (broad SMARTS) is 1. The van der Waals surface area contributed by atoms with Crippen molar-refractivity contribution >= 4 is 35.4 Å². The number of nitrogens with zero attached hydrogens (tertiary/aromatic N) is 4. The van der Waals surface area contributed by atoms with E-state index in [1.165, 1.54) is 24.4 Å². The van der Waals surface area contributed by atoms with E-state index in [2.05, 4.69) is 46.5 Å². The summed E-state index contributed by atoms with van der Waals surface area (Å²) in [4.78, 5) is 50.9. The number of rotatable bonds is 18. The number of amides is 2. The second-order valence-electron chi connectivity index (χ2n) is 12.0. The molecule has 292 valence electrons. The number of hydrogen-bond acceptors (Lipinski definition) is 11. The van der Waals surface area contributed by atoms with E-state index in [4.69, 9.17) is 19.7 Å². The number of carbonyl (C=O) groups is 3. The van der Waals surface area contributed by atoms with E-state index in [-0.39, 0.29) is 23.8 Å². The number of phenolic OH excluding ortho intramolecular Hbond substituents is 1. The van der Waals surface area contributed by atoms with Gasteiger partial charge in [-0.25, -0.2) is 14.6 Å². The maximum Gasteiger partial charge on any atom is 0.342 e. The first-order valence-corrected chi connectivity index (χ1v) is 17.2. The van der Waals surface area contributed by atoms with Crippen LogP contribution in [0.5, 0.6) is 11.5 Å². The van der Waals surface area contributed by atoms with Gasteiger partial charge in [0.05, 0.1) is 29.0 Å². The van der Waals surface area contributed by atoms with Crippen LogP contribution in [-0.4, -0.2) is 102 Å². The highest BCUT2D eigenvalue weighted by atomic mass is 19.1. The minimum absolute atomic E-state index is 0.155. The quantitative estimate of drug-likeness (QED) is 0.0424. The van der Waals surface area contributed by atoms with Gasteiger partial charge in [-0.2, -0.15) is 5.10 Å². The van der Waals surface area contributed by atoms with Gasteiger partial charge in [-0.15, -0.1) is 0 Å². The van der Waals surface area contributed by atoms with Gasteiger partial charge in [0.2, 0.25) is 0 Å². The Morgan fingerprint density at radius 1 is 0.927 bits per heavy atom. The molecule has 0 saturated heterocycles. The molecule has 55 heavy (non-hydrogen) atoms. The lowest BCUT2D eigenvalue weighted by Gasteiger charge is -2.23. The Morgan fingerprint density at radius 2 is 1.67 bits per heavy atom. The minimum atomic E-state index is -1.44. The monoisotopic (exact) mass is 760 g/mol. The third kappa shape index (κ3) is 14.3. The zero-order chi connectivity index (χ0) is 40.3. The average Bonchev–Trinajstić information content (AvgIpc) is 3.16. The zero-order valence-electron chi connectivity index (χ0n) is 31.0. The Balaban J connectivity index is 0.000000526. The molecule has 0 bridgehead atoms. The number of methoxy groups -OCH3 is 1. The molecule has 0 aromatic heterocycles. The highest BCUT2D eigenvalue weighted by Gasteiger charge is 2.20. The summed E-state index contributed by atoms with van der Waals surface area (Å²) in [7, 11) is 3.63. The zero-order valence-corrected chi connectivity index (χ0v) is 31.0. The van der Waals surface area contributed by atoms with Crippen molar-refractivity contribution in [3.8, 4) is 11.5 Å². The van der Waals surface area contributed by atoms with Crippen molar-refractivity contribution in [1.29, 1.82) is 0 Å². The number of nitro benzene ring substituents is 1. The van der Waals surface area contributed by atoms with Gasteiger partial charge < -0.3 is 34.8 Å². The molecule has 4 N–H and O–H groups in total. The number of aromatic hydroxyl groups is 1. The van der Waals surface area contributed by atoms with Crippen molar-refractivity contribution in [2.45, 2.75) is 20.4 Å². The number of halogens is 1. The summed E-state index contributed by atoms with van der Waals surface area (Å²) in [5.74, 6) is -2.66. The molecule has 16 heteroatoms. The summed E-state index contributed by atoms with van der Waals surface area (Å²) >= 11 is 0. The van der Waals surface area contributed by atoms with Crippen LogP contribution in [0.1, 0.15) is 56.0 Å². The Hall–Kier alpha value is -6.23. The molecule has 0 fully saturated rings. The molecule has 4 aromatic rings. The smallest absolute Gasteiger partial charge is 0.342 e. The summed E-state index contributed by atoms with van der Waals surface area (Å²) in [6.45, 7) is 9.59. The van der Waals surface area contributed by atoms with Gasteiger partial charge in [0.15, 0.2) is 0 Å². The van der Waals surface area contributed by atoms with E-state index in [0.717, 1.165) is 49.9 Å². The molecule has 0 unspecified atom stereocenters. The number of anilines is 1. The average molecular weight is 761 g/mol. The first-order valence-electron chi connectivity index (χ1n) is 17.2. The lowest BCUT2D eigenvalue weighted by Crippen LogP contribution is -2.32. The van der Waals surface area contributed by atoms with Gasteiger partial charge in [0.25, 0.3) is 17.5 Å². The largest absolute Gasteiger partial charge is 0.508 e. The Morgan fingerprint density at radius 3 is 2.35 bits per heavy atom. The van der Waals surface area contributed by atoms with E-state index < -0.39 is 33.9 Å². The summed E-state index contributed by atoms with van der Waals surface area (Å²) in [5.41, 5.74) is 3.80. The van der Waals surface area contributed by atoms with Crippen molar-refractivity contribution in [3.63, 3.8) is 0 Å². The van der Waals surface area contributed by atoms with Crippen LogP contribution in [0.3, 0.4) is 0 Å². The SMILES string of the molecule is CCN(CC)CCN(C)Cc1cccc(C(=O)Nc2ccc(OCCOC)cc2C(=O)NN=Cc2cccc(F)c2)c1.O=C(O)c1cc(O)ccc1[N+](=O)[O-]. The minimum Gasteiger partial charge on any atom is -0.508 e. The lowest BCUT2D eigenvalue weighted by molar-refractivity contribution is -0.385. The van der Waals surface area contributed by atoms with Crippen molar-refractivity contribution in [3.05, 3.63) is 129 Å². The van der Waals surface area contributed by atoms with Crippen LogP contribution in [0.25, 0.3) is 0 Å². The van der Waals surface area contributed by atoms with Crippen molar-refractivity contribution in [2.24, 2.45) is 5.10 Å².